The van der Waals surface area contributed by atoms with Crippen molar-refractivity contribution in [3.05, 3.63) is 95.8 Å². The van der Waals surface area contributed by atoms with Crippen LogP contribution in [0.5, 0.6) is 0 Å². The molecule has 1 aromatic heterocycles. The van der Waals surface area contributed by atoms with E-state index in [-0.39, 0.29) is 30.5 Å². The molecule has 0 aliphatic carbocycles. The lowest BCUT2D eigenvalue weighted by Crippen LogP contribution is -2.23. The predicted octanol–water partition coefficient (Wildman–Crippen LogP) is 3.39. The second-order valence-electron chi connectivity index (χ2n) is 7.41. The summed E-state index contributed by atoms with van der Waals surface area (Å²) in [6.45, 7) is 0.196. The van der Waals surface area contributed by atoms with Crippen LogP contribution in [0.15, 0.2) is 79.1 Å². The molecule has 0 fully saturated rings. The van der Waals surface area contributed by atoms with Crippen LogP contribution < -0.4 is 10.6 Å². The Balaban J connectivity index is 1.49. The van der Waals surface area contributed by atoms with Gasteiger partial charge in [0.1, 0.15) is 6.54 Å². The molecule has 0 radical (unpaired) electrons. The standard InChI is InChI=1S/C25H22N4O4/c1-33-25(32)21-11-17(12-22(14-21)28-23(30)16-29-10-4-9-27-29)15-26-24(31)20-8-7-18-5-2-3-6-19(18)13-20/h2-14H,15-16H2,1H3,(H,26,31)(H,28,30). The Morgan fingerprint density at radius 3 is 2.52 bits per heavy atom. The molecule has 2 amide bonds. The van der Waals surface area contributed by atoms with Crippen LogP contribution in [0.1, 0.15) is 26.3 Å². The number of aromatic nitrogens is 2. The first kappa shape index (κ1) is 21.8. The normalized spacial score (nSPS) is 10.6. The number of nitrogens with zero attached hydrogens (tertiary/aromatic N) is 2. The molecule has 4 aromatic rings. The van der Waals surface area contributed by atoms with Gasteiger partial charge in [-0.2, -0.15) is 5.10 Å². The average Bonchev–Trinajstić information content (AvgIpc) is 3.34. The van der Waals surface area contributed by atoms with Crippen LogP contribution in [0.4, 0.5) is 5.69 Å². The van der Waals surface area contributed by atoms with Crippen LogP contribution in [0.25, 0.3) is 10.8 Å². The number of hydrogen-bond donors (Lipinski definition) is 2. The molecule has 0 saturated heterocycles. The zero-order chi connectivity index (χ0) is 23.2. The van der Waals surface area contributed by atoms with E-state index in [1.807, 2.05) is 36.4 Å². The summed E-state index contributed by atoms with van der Waals surface area (Å²) in [5.41, 5.74) is 1.86. The molecular formula is C25H22N4O4. The van der Waals surface area contributed by atoms with Crippen molar-refractivity contribution in [1.29, 1.82) is 0 Å². The van der Waals surface area contributed by atoms with Crippen LogP contribution in [-0.4, -0.2) is 34.7 Å². The number of benzene rings is 3. The van der Waals surface area contributed by atoms with Crippen molar-refractivity contribution in [3.8, 4) is 0 Å². The number of methoxy groups -OCH3 is 1. The highest BCUT2D eigenvalue weighted by Crippen LogP contribution is 2.18. The zero-order valence-corrected chi connectivity index (χ0v) is 17.9. The summed E-state index contributed by atoms with van der Waals surface area (Å²) in [7, 11) is 1.28. The second kappa shape index (κ2) is 9.78. The van der Waals surface area contributed by atoms with E-state index in [0.29, 0.717) is 16.8 Å². The summed E-state index contributed by atoms with van der Waals surface area (Å²) in [5.74, 6) is -1.08. The van der Waals surface area contributed by atoms with Crippen LogP contribution >= 0.6 is 0 Å². The molecule has 0 aliphatic heterocycles. The van der Waals surface area contributed by atoms with Crippen molar-refractivity contribution in [2.75, 3.05) is 12.4 Å². The second-order valence-corrected chi connectivity index (χ2v) is 7.41. The third-order valence-corrected chi connectivity index (χ3v) is 5.03. The Kier molecular flexibility index (Phi) is 6.45. The van der Waals surface area contributed by atoms with E-state index in [1.54, 1.807) is 36.7 Å². The Morgan fingerprint density at radius 1 is 0.939 bits per heavy atom. The van der Waals surface area contributed by atoms with Crippen molar-refractivity contribution in [3.63, 3.8) is 0 Å². The van der Waals surface area contributed by atoms with Crippen LogP contribution in [0.3, 0.4) is 0 Å². The fourth-order valence-electron chi connectivity index (χ4n) is 3.46. The monoisotopic (exact) mass is 442 g/mol. The van der Waals surface area contributed by atoms with Gasteiger partial charge in [0, 0.05) is 30.2 Å². The van der Waals surface area contributed by atoms with E-state index in [0.717, 1.165) is 10.8 Å². The molecule has 0 spiro atoms. The van der Waals surface area contributed by atoms with E-state index < -0.39 is 5.97 Å². The van der Waals surface area contributed by atoms with Gasteiger partial charge in [-0.1, -0.05) is 30.3 Å². The van der Waals surface area contributed by atoms with Gasteiger partial charge in [0.05, 0.1) is 12.7 Å². The molecule has 1 heterocycles. The van der Waals surface area contributed by atoms with Crippen molar-refractivity contribution >= 4 is 34.2 Å². The predicted molar refractivity (Wildman–Crippen MR) is 124 cm³/mol. The number of amides is 2. The van der Waals surface area contributed by atoms with Gasteiger partial charge in [-0.25, -0.2) is 4.79 Å². The first-order valence-corrected chi connectivity index (χ1v) is 10.3. The number of carbonyl (C=O) groups excluding carboxylic acids is 3. The fourth-order valence-corrected chi connectivity index (χ4v) is 3.46. The number of ether oxygens (including phenoxy) is 1. The first-order valence-electron chi connectivity index (χ1n) is 10.3. The quantitative estimate of drug-likeness (QED) is 0.427. The maximum absolute atomic E-state index is 12.7. The van der Waals surface area contributed by atoms with E-state index in [2.05, 4.69) is 15.7 Å². The maximum atomic E-state index is 12.7. The fraction of sp³-hybridized carbons (Fsp3) is 0.120. The smallest absolute Gasteiger partial charge is 0.337 e. The SMILES string of the molecule is COC(=O)c1cc(CNC(=O)c2ccc3ccccc3c2)cc(NC(=O)Cn2cccn2)c1. The summed E-state index contributed by atoms with van der Waals surface area (Å²) in [6.07, 6.45) is 3.26. The van der Waals surface area contributed by atoms with Gasteiger partial charge in [-0.15, -0.1) is 0 Å². The highest BCUT2D eigenvalue weighted by Gasteiger charge is 2.13. The zero-order valence-electron chi connectivity index (χ0n) is 17.9. The number of esters is 1. The number of anilines is 1. The van der Waals surface area contributed by atoms with Gasteiger partial charge >= 0.3 is 5.97 Å². The lowest BCUT2D eigenvalue weighted by atomic mass is 10.1. The number of hydrogen-bond acceptors (Lipinski definition) is 5. The molecule has 166 valence electrons. The Hall–Kier alpha value is -4.46. The van der Waals surface area contributed by atoms with Gasteiger partial charge in [0.2, 0.25) is 5.91 Å². The number of carbonyl (C=O) groups is 3. The molecule has 0 bridgehead atoms. The number of rotatable bonds is 7. The van der Waals surface area contributed by atoms with Crippen molar-refractivity contribution in [2.24, 2.45) is 0 Å². The van der Waals surface area contributed by atoms with Crippen LogP contribution in [0.2, 0.25) is 0 Å². The van der Waals surface area contributed by atoms with Crippen molar-refractivity contribution < 1.29 is 19.1 Å². The summed E-state index contributed by atoms with van der Waals surface area (Å²) < 4.78 is 6.31. The molecule has 0 unspecified atom stereocenters. The minimum atomic E-state index is -0.541. The van der Waals surface area contributed by atoms with Crippen molar-refractivity contribution in [2.45, 2.75) is 13.1 Å². The highest BCUT2D eigenvalue weighted by atomic mass is 16.5. The van der Waals surface area contributed by atoms with Crippen LogP contribution in [-0.2, 0) is 22.6 Å². The lowest BCUT2D eigenvalue weighted by Gasteiger charge is -2.12. The summed E-state index contributed by atoms with van der Waals surface area (Å²) in [5, 5.41) is 11.7. The topological polar surface area (TPSA) is 102 Å². The van der Waals surface area contributed by atoms with E-state index in [4.69, 9.17) is 4.74 Å². The summed E-state index contributed by atoms with van der Waals surface area (Å²) in [6, 6.07) is 19.9. The Labute approximate surface area is 190 Å². The van der Waals surface area contributed by atoms with Crippen LogP contribution in [0, 0.1) is 0 Å². The molecule has 8 heteroatoms. The molecule has 0 aliphatic rings. The molecule has 3 aromatic carbocycles. The molecule has 0 atom stereocenters. The number of fused-ring (bicyclic) bond motifs is 1. The molecule has 33 heavy (non-hydrogen) atoms. The average molecular weight is 442 g/mol. The van der Waals surface area contributed by atoms with Gasteiger partial charge in [0.25, 0.3) is 5.91 Å². The molecular weight excluding hydrogens is 420 g/mol. The Morgan fingerprint density at radius 2 is 1.76 bits per heavy atom. The number of nitrogens with one attached hydrogen (secondary N) is 2. The Bertz CT molecular complexity index is 1320. The highest BCUT2D eigenvalue weighted by molar-refractivity contribution is 5.99. The van der Waals surface area contributed by atoms with Gasteiger partial charge in [-0.3, -0.25) is 14.3 Å². The minimum absolute atomic E-state index is 0.0312. The van der Waals surface area contributed by atoms with E-state index in [1.165, 1.54) is 17.9 Å². The summed E-state index contributed by atoms with van der Waals surface area (Å²) in [4.78, 5) is 37.1. The third-order valence-electron chi connectivity index (χ3n) is 5.03. The maximum Gasteiger partial charge on any atom is 0.337 e. The minimum Gasteiger partial charge on any atom is -0.465 e. The van der Waals surface area contributed by atoms with Gasteiger partial charge < -0.3 is 15.4 Å². The van der Waals surface area contributed by atoms with E-state index >= 15 is 0 Å². The molecule has 2 N–H and O–H groups in total. The largest absolute Gasteiger partial charge is 0.465 e. The first-order chi connectivity index (χ1) is 16.0. The van der Waals surface area contributed by atoms with Crippen molar-refractivity contribution in [1.82, 2.24) is 15.1 Å². The van der Waals surface area contributed by atoms with Gasteiger partial charge in [-0.05, 0) is 52.7 Å². The summed E-state index contributed by atoms with van der Waals surface area (Å²) >= 11 is 0. The molecule has 4 rings (SSSR count). The third kappa shape index (κ3) is 5.43. The molecule has 8 nitrogen and oxygen atoms in total. The van der Waals surface area contributed by atoms with E-state index in [9.17, 15) is 14.4 Å². The van der Waals surface area contributed by atoms with Gasteiger partial charge in [0.15, 0.2) is 0 Å². The molecule has 0 saturated carbocycles. The lowest BCUT2D eigenvalue weighted by molar-refractivity contribution is -0.116.